The fourth-order valence-electron chi connectivity index (χ4n) is 5.31. The topological polar surface area (TPSA) is 112 Å². The van der Waals surface area contributed by atoms with E-state index in [0.29, 0.717) is 29.4 Å². The van der Waals surface area contributed by atoms with Gasteiger partial charge in [0, 0.05) is 38.5 Å². The quantitative estimate of drug-likeness (QED) is 0.119. The van der Waals surface area contributed by atoms with Crippen LogP contribution in [0.25, 0.3) is 0 Å². The Labute approximate surface area is 272 Å². The third-order valence-electron chi connectivity index (χ3n) is 8.13. The number of esters is 1. The minimum Gasteiger partial charge on any atom is -0.495 e. The molecule has 45 heavy (non-hydrogen) atoms. The summed E-state index contributed by atoms with van der Waals surface area (Å²) < 4.78 is 46.5. The van der Waals surface area contributed by atoms with Gasteiger partial charge in [-0.25, -0.2) is 8.42 Å². The molecule has 0 aliphatic carbocycles. The molecule has 0 unspecified atom stereocenters. The summed E-state index contributed by atoms with van der Waals surface area (Å²) in [6, 6.07) is 10.2. The lowest BCUT2D eigenvalue weighted by atomic mass is 9.84. The molecule has 3 atom stereocenters. The van der Waals surface area contributed by atoms with Crippen molar-refractivity contribution in [3.8, 4) is 11.5 Å². The molecule has 0 spiro atoms. The lowest BCUT2D eigenvalue weighted by Gasteiger charge is -2.26. The van der Waals surface area contributed by atoms with Gasteiger partial charge in [0.2, 0.25) is 10.0 Å². The van der Waals surface area contributed by atoms with Gasteiger partial charge in [0.15, 0.2) is 5.78 Å². The van der Waals surface area contributed by atoms with Gasteiger partial charge in [-0.1, -0.05) is 51.7 Å². The monoisotopic (exact) mass is 672 g/mol. The molecule has 1 aliphatic rings. The molecule has 0 bridgehead atoms. The molecule has 3 aromatic rings. The molecular formula is C33H44N2O7S2Si. The maximum Gasteiger partial charge on any atom is 0.309 e. The van der Waals surface area contributed by atoms with Gasteiger partial charge in [0.1, 0.15) is 27.4 Å². The molecule has 0 saturated heterocycles. The fourth-order valence-corrected chi connectivity index (χ4v) is 8.80. The normalized spacial score (nSPS) is 17.8. The van der Waals surface area contributed by atoms with Crippen LogP contribution in [0.4, 0.5) is 0 Å². The molecule has 0 fully saturated rings. The van der Waals surface area contributed by atoms with Crippen LogP contribution in [0.3, 0.4) is 0 Å². The highest BCUT2D eigenvalue weighted by Crippen LogP contribution is 2.42. The number of thiophene rings is 1. The minimum atomic E-state index is -3.91. The van der Waals surface area contributed by atoms with Crippen LogP contribution < -0.4 is 9.47 Å². The number of aryl methyl sites for hydroxylation is 1. The van der Waals surface area contributed by atoms with Crippen molar-refractivity contribution in [1.29, 1.82) is 0 Å². The van der Waals surface area contributed by atoms with E-state index in [0.717, 1.165) is 27.6 Å². The van der Waals surface area contributed by atoms with Crippen molar-refractivity contribution in [3.63, 3.8) is 0 Å². The molecule has 4 rings (SSSR count). The van der Waals surface area contributed by atoms with Crippen molar-refractivity contribution >= 4 is 41.2 Å². The van der Waals surface area contributed by atoms with Crippen LogP contribution in [0.15, 0.2) is 47.6 Å². The SMILES string of the molecule is CC[C@@H]1CN(Cc2cc([C@H](c3cc(OC)c(C(C)=O)s3)[C@H](C)C(=O)OCC[Si](C)(C)C)ccc2C)S(=O)(=O)c2cnccc2O1. The zero-order valence-electron chi connectivity index (χ0n) is 27.4. The number of carbonyl (C=O) groups is 2. The number of aromatic nitrogens is 1. The van der Waals surface area contributed by atoms with E-state index in [1.165, 1.54) is 42.1 Å². The number of benzene rings is 1. The highest BCUT2D eigenvalue weighted by Gasteiger charge is 2.36. The molecule has 12 heteroatoms. The lowest BCUT2D eigenvalue weighted by molar-refractivity contribution is -0.147. The second-order valence-corrected chi connectivity index (χ2v) is 21.4. The maximum absolute atomic E-state index is 13.9. The molecular weight excluding hydrogens is 629 g/mol. The van der Waals surface area contributed by atoms with Crippen molar-refractivity contribution in [2.24, 2.45) is 5.92 Å². The van der Waals surface area contributed by atoms with Gasteiger partial charge < -0.3 is 14.2 Å². The van der Waals surface area contributed by atoms with E-state index in [-0.39, 0.29) is 35.8 Å². The Morgan fingerprint density at radius 3 is 2.56 bits per heavy atom. The summed E-state index contributed by atoms with van der Waals surface area (Å²) >= 11 is 1.31. The van der Waals surface area contributed by atoms with Gasteiger partial charge >= 0.3 is 5.97 Å². The van der Waals surface area contributed by atoms with Gasteiger partial charge in [0.25, 0.3) is 0 Å². The van der Waals surface area contributed by atoms with E-state index in [1.807, 2.05) is 45.0 Å². The Morgan fingerprint density at radius 1 is 1.20 bits per heavy atom. The Balaban J connectivity index is 1.75. The van der Waals surface area contributed by atoms with Gasteiger partial charge in [-0.2, -0.15) is 4.31 Å². The van der Waals surface area contributed by atoms with Crippen LogP contribution in [0.5, 0.6) is 11.5 Å². The summed E-state index contributed by atoms with van der Waals surface area (Å²) in [6.07, 6.45) is 3.17. The first kappa shape index (κ1) is 34.8. The highest BCUT2D eigenvalue weighted by atomic mass is 32.2. The van der Waals surface area contributed by atoms with Crippen molar-refractivity contribution in [1.82, 2.24) is 9.29 Å². The van der Waals surface area contributed by atoms with Gasteiger partial charge in [0.05, 0.1) is 32.4 Å². The second-order valence-electron chi connectivity index (χ2n) is 12.8. The average molecular weight is 673 g/mol. The average Bonchev–Trinajstić information content (AvgIpc) is 3.37. The number of methoxy groups -OCH3 is 1. The molecule has 2 aromatic heterocycles. The minimum absolute atomic E-state index is 0.0461. The summed E-state index contributed by atoms with van der Waals surface area (Å²) in [5, 5.41) is 0. The van der Waals surface area contributed by atoms with Crippen LogP contribution in [0, 0.1) is 12.8 Å². The number of ketones is 1. The first-order valence-electron chi connectivity index (χ1n) is 15.2. The van der Waals surface area contributed by atoms with E-state index in [4.69, 9.17) is 14.2 Å². The van der Waals surface area contributed by atoms with E-state index < -0.39 is 29.9 Å². The molecule has 0 saturated carbocycles. The van der Waals surface area contributed by atoms with E-state index >= 15 is 0 Å². The second kappa shape index (κ2) is 14.1. The third kappa shape index (κ3) is 8.03. The smallest absolute Gasteiger partial charge is 0.309 e. The molecule has 9 nitrogen and oxygen atoms in total. The molecule has 3 heterocycles. The summed E-state index contributed by atoms with van der Waals surface area (Å²) in [7, 11) is -3.80. The largest absolute Gasteiger partial charge is 0.495 e. The fraction of sp³-hybridized carbons (Fsp3) is 0.485. The van der Waals surface area contributed by atoms with Crippen LogP contribution in [-0.4, -0.2) is 63.9 Å². The zero-order chi connectivity index (χ0) is 33.1. The van der Waals surface area contributed by atoms with E-state index in [2.05, 4.69) is 24.6 Å². The number of Topliss-reactive ketones (excluding diaryl/α,β-unsaturated/α-hetero) is 1. The predicted octanol–water partition coefficient (Wildman–Crippen LogP) is 6.67. The van der Waals surface area contributed by atoms with E-state index in [1.54, 1.807) is 6.07 Å². The van der Waals surface area contributed by atoms with Gasteiger partial charge in [-0.15, -0.1) is 11.3 Å². The van der Waals surface area contributed by atoms with Crippen molar-refractivity contribution < 1.29 is 32.2 Å². The number of hydrogen-bond acceptors (Lipinski definition) is 9. The molecule has 0 N–H and O–H groups in total. The number of fused-ring (bicyclic) bond motifs is 1. The summed E-state index contributed by atoms with van der Waals surface area (Å²) in [4.78, 5) is 31.3. The van der Waals surface area contributed by atoms with Crippen LogP contribution in [0.2, 0.25) is 25.7 Å². The van der Waals surface area contributed by atoms with Crippen molar-refractivity contribution in [2.75, 3.05) is 20.3 Å². The van der Waals surface area contributed by atoms with E-state index in [9.17, 15) is 18.0 Å². The third-order valence-corrected chi connectivity index (χ3v) is 13.0. The summed E-state index contributed by atoms with van der Waals surface area (Å²) in [5.41, 5.74) is 2.54. The molecule has 244 valence electrons. The highest BCUT2D eigenvalue weighted by molar-refractivity contribution is 7.89. The molecule has 1 aromatic carbocycles. The zero-order valence-corrected chi connectivity index (χ0v) is 30.0. The molecule has 1 aliphatic heterocycles. The summed E-state index contributed by atoms with van der Waals surface area (Å²) in [5.74, 6) is -0.701. The Bertz CT molecular complexity index is 1650. The van der Waals surface area contributed by atoms with Crippen molar-refractivity contribution in [3.05, 3.63) is 69.2 Å². The number of carbonyl (C=O) groups excluding carboxylic acids is 2. The number of pyridine rings is 1. The van der Waals surface area contributed by atoms with Crippen LogP contribution in [0.1, 0.15) is 64.3 Å². The maximum atomic E-state index is 13.9. The van der Waals surface area contributed by atoms with Crippen LogP contribution in [-0.2, 0) is 26.1 Å². The Hall–Kier alpha value is -3.06. The first-order valence-corrected chi connectivity index (χ1v) is 21.2. The standard InChI is InChI=1S/C33H44N2O7S2Si/c1-9-26-20-35(44(38,39)30-18-34-13-12-27(30)42-26)19-25-16-24(11-10-21(25)2)31(22(3)33(37)41-14-15-45(6,7)8)29-17-28(40-5)32(43-29)23(4)36/h10-13,16-18,22,26,31H,9,14-15,19-20H2,1-8H3/t22-,26+,31+/m0/s1. The van der Waals surface area contributed by atoms with Crippen molar-refractivity contribution in [2.45, 2.75) is 83.3 Å². The van der Waals surface area contributed by atoms with Gasteiger partial charge in [-0.05, 0) is 48.2 Å². The number of sulfonamides is 1. The number of ether oxygens (including phenoxy) is 3. The number of rotatable bonds is 12. The molecule has 0 radical (unpaired) electrons. The summed E-state index contributed by atoms with van der Waals surface area (Å²) in [6.45, 7) is 14.6. The Morgan fingerprint density at radius 2 is 1.93 bits per heavy atom. The predicted molar refractivity (Wildman–Crippen MR) is 179 cm³/mol. The van der Waals surface area contributed by atoms with Gasteiger partial charge in [-0.3, -0.25) is 14.6 Å². The first-order chi connectivity index (χ1) is 21.2. The number of hydrogen-bond donors (Lipinski definition) is 0. The number of nitrogens with zero attached hydrogens (tertiary/aromatic N) is 2. The lowest BCUT2D eigenvalue weighted by Crippen LogP contribution is -2.36. The van der Waals surface area contributed by atoms with Crippen LogP contribution >= 0.6 is 11.3 Å². The Kier molecular flexibility index (Phi) is 10.9. The molecule has 0 amide bonds.